The number of benzene rings is 1. The molecule has 1 N–H and O–H groups in total. The van der Waals surface area contributed by atoms with Gasteiger partial charge in [-0.3, -0.25) is 4.79 Å². The van der Waals surface area contributed by atoms with Gasteiger partial charge in [-0.25, -0.2) is 0 Å². The molecule has 3 rings (SSSR count). The third-order valence-electron chi connectivity index (χ3n) is 3.99. The van der Waals surface area contributed by atoms with Crippen molar-refractivity contribution in [2.45, 2.75) is 25.4 Å². The van der Waals surface area contributed by atoms with Crippen molar-refractivity contribution in [3.05, 3.63) is 40.3 Å². The van der Waals surface area contributed by atoms with Crippen molar-refractivity contribution < 1.29 is 18.0 Å². The van der Waals surface area contributed by atoms with Crippen molar-refractivity contribution in [3.8, 4) is 0 Å². The topological polar surface area (TPSA) is 32.3 Å². The summed E-state index contributed by atoms with van der Waals surface area (Å²) >= 11 is 6.21. The van der Waals surface area contributed by atoms with Crippen molar-refractivity contribution in [1.29, 1.82) is 0 Å². The number of piperidine rings is 1. The van der Waals surface area contributed by atoms with E-state index < -0.39 is 11.7 Å². The highest BCUT2D eigenvalue weighted by molar-refractivity contribution is 8.26. The second-order valence-corrected chi connectivity index (χ2v) is 7.33. The first-order valence-electron chi connectivity index (χ1n) is 7.56. The molecule has 0 radical (unpaired) electrons. The average Bonchev–Trinajstić information content (AvgIpc) is 2.87. The Balaban J connectivity index is 2.03. The van der Waals surface area contributed by atoms with Gasteiger partial charge >= 0.3 is 6.18 Å². The third kappa shape index (κ3) is 3.59. The van der Waals surface area contributed by atoms with Crippen molar-refractivity contribution in [1.82, 2.24) is 10.2 Å². The number of amides is 1. The normalized spacial score (nSPS) is 21.0. The number of thioether (sulfide) groups is 1. The van der Waals surface area contributed by atoms with E-state index in [0.717, 1.165) is 44.5 Å². The monoisotopic (exact) mass is 372 g/mol. The maximum Gasteiger partial charge on any atom is 0.416 e. The van der Waals surface area contributed by atoms with Gasteiger partial charge in [0, 0.05) is 13.1 Å². The highest BCUT2D eigenvalue weighted by Gasteiger charge is 2.32. The molecule has 0 bridgehead atoms. The molecule has 1 amide bonds. The minimum Gasteiger partial charge on any atom is -0.370 e. The van der Waals surface area contributed by atoms with Crippen LogP contribution in [0.15, 0.2) is 29.2 Å². The van der Waals surface area contributed by atoms with Gasteiger partial charge in [0.25, 0.3) is 5.91 Å². The van der Waals surface area contributed by atoms with Crippen LogP contribution in [0.4, 0.5) is 13.2 Å². The lowest BCUT2D eigenvalue weighted by molar-refractivity contribution is -0.137. The first kappa shape index (κ1) is 17.3. The average molecular weight is 372 g/mol. The van der Waals surface area contributed by atoms with Gasteiger partial charge in [0.2, 0.25) is 0 Å². The van der Waals surface area contributed by atoms with Crippen molar-refractivity contribution >= 4 is 39.9 Å². The molecule has 8 heteroatoms. The van der Waals surface area contributed by atoms with Gasteiger partial charge in [-0.05, 0) is 37.0 Å². The van der Waals surface area contributed by atoms with Crippen LogP contribution < -0.4 is 5.32 Å². The van der Waals surface area contributed by atoms with E-state index in [4.69, 9.17) is 12.2 Å². The second kappa shape index (κ2) is 6.76. The van der Waals surface area contributed by atoms with Crippen LogP contribution in [0.25, 0.3) is 5.70 Å². The summed E-state index contributed by atoms with van der Waals surface area (Å²) < 4.78 is 38.7. The predicted octanol–water partition coefficient (Wildman–Crippen LogP) is 4.01. The number of alkyl halides is 3. The van der Waals surface area contributed by atoms with Crippen LogP contribution >= 0.6 is 24.0 Å². The van der Waals surface area contributed by atoms with E-state index in [1.54, 1.807) is 0 Å². The SMILES string of the molecule is O=C1NC(=S)S/C1=C(\c1ccc(C(F)(F)F)cc1)N1CCCCC1. The number of carbonyl (C=O) groups is 1. The molecule has 3 nitrogen and oxygen atoms in total. The van der Waals surface area contributed by atoms with Crippen LogP contribution in [0.3, 0.4) is 0 Å². The first-order valence-corrected chi connectivity index (χ1v) is 8.79. The fourth-order valence-corrected chi connectivity index (χ4v) is 4.02. The molecule has 128 valence electrons. The number of hydrogen-bond acceptors (Lipinski definition) is 4. The Labute approximate surface area is 147 Å². The van der Waals surface area contributed by atoms with Crippen LogP contribution in [-0.2, 0) is 11.0 Å². The van der Waals surface area contributed by atoms with E-state index in [0.29, 0.717) is 20.5 Å². The molecule has 2 heterocycles. The lowest BCUT2D eigenvalue weighted by Gasteiger charge is -2.32. The quantitative estimate of drug-likeness (QED) is 0.628. The number of halogens is 3. The molecular formula is C16H15F3N2OS2. The van der Waals surface area contributed by atoms with Crippen molar-refractivity contribution in [2.24, 2.45) is 0 Å². The molecule has 2 fully saturated rings. The third-order valence-corrected chi connectivity index (χ3v) is 5.21. The number of likely N-dealkylation sites (tertiary alicyclic amines) is 1. The molecule has 2 saturated heterocycles. The van der Waals surface area contributed by atoms with Gasteiger partial charge in [0.05, 0.1) is 11.3 Å². The maximum atomic E-state index is 12.8. The van der Waals surface area contributed by atoms with Crippen molar-refractivity contribution in [3.63, 3.8) is 0 Å². The zero-order chi connectivity index (χ0) is 17.3. The molecule has 0 spiro atoms. The van der Waals surface area contributed by atoms with E-state index in [2.05, 4.69) is 10.2 Å². The van der Waals surface area contributed by atoms with E-state index in [-0.39, 0.29) is 5.91 Å². The summed E-state index contributed by atoms with van der Waals surface area (Å²) in [5.41, 5.74) is 0.575. The fourth-order valence-electron chi connectivity index (χ4n) is 2.86. The molecule has 0 saturated carbocycles. The summed E-state index contributed by atoms with van der Waals surface area (Å²) in [5.74, 6) is -0.287. The highest BCUT2D eigenvalue weighted by Crippen LogP contribution is 2.37. The summed E-state index contributed by atoms with van der Waals surface area (Å²) in [5, 5.41) is 2.58. The number of nitrogens with zero attached hydrogens (tertiary/aromatic N) is 1. The number of carbonyl (C=O) groups excluding carboxylic acids is 1. The van der Waals surface area contributed by atoms with E-state index in [1.807, 2.05) is 0 Å². The van der Waals surface area contributed by atoms with Gasteiger partial charge in [-0.2, -0.15) is 13.2 Å². The van der Waals surface area contributed by atoms with Crippen LogP contribution in [-0.4, -0.2) is 28.2 Å². The number of rotatable bonds is 2. The fraction of sp³-hybridized carbons (Fsp3) is 0.375. The Morgan fingerprint density at radius 2 is 1.75 bits per heavy atom. The molecule has 0 aromatic heterocycles. The van der Waals surface area contributed by atoms with Gasteiger partial charge in [0.1, 0.15) is 9.23 Å². The summed E-state index contributed by atoms with van der Waals surface area (Å²) in [4.78, 5) is 14.7. The van der Waals surface area contributed by atoms with Crippen LogP contribution in [0.1, 0.15) is 30.4 Å². The van der Waals surface area contributed by atoms with E-state index >= 15 is 0 Å². The van der Waals surface area contributed by atoms with Gasteiger partial charge < -0.3 is 10.2 Å². The number of hydrogen-bond donors (Lipinski definition) is 1. The minimum absolute atomic E-state index is 0.287. The first-order chi connectivity index (χ1) is 11.4. The lowest BCUT2D eigenvalue weighted by Crippen LogP contribution is -2.30. The Kier molecular flexibility index (Phi) is 4.87. The minimum atomic E-state index is -4.38. The Hall–Kier alpha value is -1.54. The van der Waals surface area contributed by atoms with Gasteiger partial charge in [0.15, 0.2) is 0 Å². The van der Waals surface area contributed by atoms with E-state index in [1.165, 1.54) is 23.9 Å². The zero-order valence-electron chi connectivity index (χ0n) is 12.7. The molecule has 0 aliphatic carbocycles. The predicted molar refractivity (Wildman–Crippen MR) is 92.1 cm³/mol. The summed E-state index contributed by atoms with van der Waals surface area (Å²) in [6.45, 7) is 1.56. The zero-order valence-corrected chi connectivity index (χ0v) is 14.3. The Morgan fingerprint density at radius 3 is 2.25 bits per heavy atom. The summed E-state index contributed by atoms with van der Waals surface area (Å²) in [7, 11) is 0. The lowest BCUT2D eigenvalue weighted by atomic mass is 10.0. The molecule has 0 atom stereocenters. The van der Waals surface area contributed by atoms with Crippen molar-refractivity contribution in [2.75, 3.05) is 13.1 Å². The molecular weight excluding hydrogens is 357 g/mol. The summed E-state index contributed by atoms with van der Waals surface area (Å²) in [6.07, 6.45) is -1.27. The van der Waals surface area contributed by atoms with Crippen LogP contribution in [0.2, 0.25) is 0 Å². The largest absolute Gasteiger partial charge is 0.416 e. The summed E-state index contributed by atoms with van der Waals surface area (Å²) in [6, 6.07) is 4.95. The van der Waals surface area contributed by atoms with Crippen LogP contribution in [0.5, 0.6) is 0 Å². The van der Waals surface area contributed by atoms with Crippen LogP contribution in [0, 0.1) is 0 Å². The number of thiocarbonyl (C=S) groups is 1. The standard InChI is InChI=1S/C16H15F3N2OS2/c17-16(18,19)11-6-4-10(5-7-11)12(21-8-2-1-3-9-21)13-14(22)20-15(23)24-13/h4-7H,1-3,8-9H2,(H,20,22,23)/b13-12+. The Bertz CT molecular complexity index is 692. The maximum absolute atomic E-state index is 12.8. The second-order valence-electron chi connectivity index (χ2n) is 5.64. The number of nitrogens with one attached hydrogen (secondary N) is 1. The molecule has 2 aliphatic rings. The molecule has 1 aromatic rings. The molecule has 0 unspecified atom stereocenters. The van der Waals surface area contributed by atoms with Gasteiger partial charge in [-0.15, -0.1) is 0 Å². The molecule has 2 aliphatic heterocycles. The van der Waals surface area contributed by atoms with Gasteiger partial charge in [-0.1, -0.05) is 36.1 Å². The highest BCUT2D eigenvalue weighted by atomic mass is 32.2. The van der Waals surface area contributed by atoms with E-state index in [9.17, 15) is 18.0 Å². The molecule has 24 heavy (non-hydrogen) atoms. The Morgan fingerprint density at radius 1 is 1.12 bits per heavy atom. The smallest absolute Gasteiger partial charge is 0.370 e. The molecule has 1 aromatic carbocycles.